The standard InChI is InChI=1S/C17H18N2O3S/c1-4-21-14-8-11(3)12(9-15(14)22-5-2)16-13(10-20)19-6-7-23-17(19)18-16/h6-10H,4-5H2,1-3H3. The molecular weight excluding hydrogens is 312 g/mol. The number of fused-ring (bicyclic) bond motifs is 1. The average molecular weight is 330 g/mol. The van der Waals surface area contributed by atoms with Crippen molar-refractivity contribution in [2.75, 3.05) is 13.2 Å². The summed E-state index contributed by atoms with van der Waals surface area (Å²) in [5, 5.41) is 1.91. The third-order valence-corrected chi connectivity index (χ3v) is 4.31. The Morgan fingerprint density at radius 1 is 1.22 bits per heavy atom. The lowest BCUT2D eigenvalue weighted by Crippen LogP contribution is -2.00. The molecule has 0 saturated carbocycles. The van der Waals surface area contributed by atoms with E-state index in [0.29, 0.717) is 36.1 Å². The number of aromatic nitrogens is 2. The van der Waals surface area contributed by atoms with Crippen LogP contribution in [-0.4, -0.2) is 28.9 Å². The van der Waals surface area contributed by atoms with Gasteiger partial charge in [0, 0.05) is 17.1 Å². The molecule has 0 fully saturated rings. The number of hydrogen-bond acceptors (Lipinski definition) is 5. The summed E-state index contributed by atoms with van der Waals surface area (Å²) >= 11 is 1.50. The molecular formula is C17H18N2O3S. The highest BCUT2D eigenvalue weighted by Gasteiger charge is 2.18. The number of aldehydes is 1. The van der Waals surface area contributed by atoms with E-state index in [1.54, 1.807) is 0 Å². The number of nitrogens with zero attached hydrogens (tertiary/aromatic N) is 2. The van der Waals surface area contributed by atoms with Gasteiger partial charge in [-0.2, -0.15) is 0 Å². The van der Waals surface area contributed by atoms with Crippen LogP contribution in [0.4, 0.5) is 0 Å². The van der Waals surface area contributed by atoms with Gasteiger partial charge in [-0.05, 0) is 38.5 Å². The topological polar surface area (TPSA) is 52.8 Å². The molecule has 23 heavy (non-hydrogen) atoms. The van der Waals surface area contributed by atoms with Crippen LogP contribution >= 0.6 is 11.3 Å². The number of benzene rings is 1. The van der Waals surface area contributed by atoms with Crippen molar-refractivity contribution in [1.29, 1.82) is 0 Å². The van der Waals surface area contributed by atoms with Crippen molar-refractivity contribution in [1.82, 2.24) is 9.38 Å². The summed E-state index contributed by atoms with van der Waals surface area (Å²) in [6, 6.07) is 3.84. The Bertz CT molecular complexity index is 851. The molecule has 1 aromatic carbocycles. The SMILES string of the molecule is CCOc1cc(C)c(-c2nc3sccn3c2C=O)cc1OCC. The number of hydrogen-bond donors (Lipinski definition) is 0. The molecule has 2 heterocycles. The van der Waals surface area contributed by atoms with E-state index < -0.39 is 0 Å². The third-order valence-electron chi connectivity index (χ3n) is 3.56. The Hall–Kier alpha value is -2.34. The minimum atomic E-state index is 0.543. The predicted octanol–water partition coefficient (Wildman–Crippen LogP) is 3.98. The summed E-state index contributed by atoms with van der Waals surface area (Å²) in [6.07, 6.45) is 2.70. The van der Waals surface area contributed by atoms with Gasteiger partial charge in [0.25, 0.3) is 0 Å². The van der Waals surface area contributed by atoms with Crippen LogP contribution in [0.2, 0.25) is 0 Å². The first-order chi connectivity index (χ1) is 11.2. The predicted molar refractivity (Wildman–Crippen MR) is 91.0 cm³/mol. The van der Waals surface area contributed by atoms with Crippen LogP contribution in [0.15, 0.2) is 23.7 Å². The van der Waals surface area contributed by atoms with Crippen molar-refractivity contribution in [3.05, 3.63) is 35.0 Å². The molecule has 120 valence electrons. The van der Waals surface area contributed by atoms with Gasteiger partial charge in [0.15, 0.2) is 22.7 Å². The normalized spacial score (nSPS) is 10.9. The lowest BCUT2D eigenvalue weighted by Gasteiger charge is -2.14. The summed E-state index contributed by atoms with van der Waals surface area (Å²) in [6.45, 7) is 6.96. The zero-order chi connectivity index (χ0) is 16.4. The second-order valence-electron chi connectivity index (χ2n) is 5.00. The van der Waals surface area contributed by atoms with Crippen LogP contribution in [0.5, 0.6) is 11.5 Å². The number of rotatable bonds is 6. The lowest BCUT2D eigenvalue weighted by atomic mass is 10.0. The van der Waals surface area contributed by atoms with E-state index in [1.807, 2.05) is 48.9 Å². The van der Waals surface area contributed by atoms with E-state index in [4.69, 9.17) is 9.47 Å². The molecule has 6 heteroatoms. The molecule has 0 N–H and O–H groups in total. The molecule has 3 aromatic rings. The first-order valence-electron chi connectivity index (χ1n) is 7.50. The highest BCUT2D eigenvalue weighted by atomic mass is 32.1. The molecule has 2 aromatic heterocycles. The van der Waals surface area contributed by atoms with Crippen molar-refractivity contribution < 1.29 is 14.3 Å². The highest BCUT2D eigenvalue weighted by molar-refractivity contribution is 7.15. The summed E-state index contributed by atoms with van der Waals surface area (Å²) in [5.41, 5.74) is 3.10. The van der Waals surface area contributed by atoms with Gasteiger partial charge in [0.05, 0.1) is 13.2 Å². The second kappa shape index (κ2) is 6.42. The molecule has 0 saturated heterocycles. The maximum Gasteiger partial charge on any atom is 0.194 e. The maximum absolute atomic E-state index is 11.6. The number of carbonyl (C=O) groups is 1. The Kier molecular flexibility index (Phi) is 4.34. The van der Waals surface area contributed by atoms with E-state index in [-0.39, 0.29) is 0 Å². The van der Waals surface area contributed by atoms with E-state index in [0.717, 1.165) is 22.4 Å². The molecule has 0 aliphatic heterocycles. The monoisotopic (exact) mass is 330 g/mol. The van der Waals surface area contributed by atoms with Gasteiger partial charge in [-0.25, -0.2) is 4.98 Å². The van der Waals surface area contributed by atoms with Gasteiger partial charge < -0.3 is 9.47 Å². The van der Waals surface area contributed by atoms with Crippen molar-refractivity contribution in [3.8, 4) is 22.8 Å². The van der Waals surface area contributed by atoms with Crippen LogP contribution < -0.4 is 9.47 Å². The van der Waals surface area contributed by atoms with Crippen LogP contribution in [-0.2, 0) is 0 Å². The lowest BCUT2D eigenvalue weighted by molar-refractivity contribution is 0.111. The van der Waals surface area contributed by atoms with Gasteiger partial charge in [0.2, 0.25) is 0 Å². The van der Waals surface area contributed by atoms with Crippen LogP contribution in [0.3, 0.4) is 0 Å². The zero-order valence-electron chi connectivity index (χ0n) is 13.3. The van der Waals surface area contributed by atoms with Crippen LogP contribution in [0.25, 0.3) is 16.2 Å². The molecule has 0 atom stereocenters. The molecule has 5 nitrogen and oxygen atoms in total. The Morgan fingerprint density at radius 2 is 1.91 bits per heavy atom. The molecule has 0 amide bonds. The minimum Gasteiger partial charge on any atom is -0.490 e. The summed E-state index contributed by atoms with van der Waals surface area (Å²) in [7, 11) is 0. The smallest absolute Gasteiger partial charge is 0.194 e. The maximum atomic E-state index is 11.6. The average Bonchev–Trinajstić information content (AvgIpc) is 3.10. The first-order valence-corrected chi connectivity index (χ1v) is 8.38. The minimum absolute atomic E-state index is 0.543. The van der Waals surface area contributed by atoms with E-state index in [2.05, 4.69) is 4.98 Å². The fourth-order valence-electron chi connectivity index (χ4n) is 2.57. The summed E-state index contributed by atoms with van der Waals surface area (Å²) in [4.78, 5) is 17.0. The van der Waals surface area contributed by atoms with E-state index >= 15 is 0 Å². The highest BCUT2D eigenvalue weighted by Crippen LogP contribution is 2.37. The van der Waals surface area contributed by atoms with Gasteiger partial charge in [-0.1, -0.05) is 0 Å². The molecule has 0 aliphatic carbocycles. The fraction of sp³-hybridized carbons (Fsp3) is 0.294. The van der Waals surface area contributed by atoms with E-state index in [9.17, 15) is 4.79 Å². The number of ether oxygens (including phenoxy) is 2. The van der Waals surface area contributed by atoms with Gasteiger partial charge in [-0.3, -0.25) is 9.20 Å². The van der Waals surface area contributed by atoms with Crippen molar-refractivity contribution in [2.24, 2.45) is 0 Å². The second-order valence-corrected chi connectivity index (χ2v) is 5.87. The first kappa shape index (κ1) is 15.6. The van der Waals surface area contributed by atoms with Gasteiger partial charge >= 0.3 is 0 Å². The molecule has 3 rings (SSSR count). The van der Waals surface area contributed by atoms with E-state index in [1.165, 1.54) is 11.3 Å². The summed E-state index contributed by atoms with van der Waals surface area (Å²) < 4.78 is 13.1. The van der Waals surface area contributed by atoms with Crippen LogP contribution in [0.1, 0.15) is 29.9 Å². The zero-order valence-corrected chi connectivity index (χ0v) is 14.1. The Balaban J connectivity index is 2.19. The summed E-state index contributed by atoms with van der Waals surface area (Å²) in [5.74, 6) is 1.38. The molecule has 0 unspecified atom stereocenters. The number of imidazole rings is 1. The number of aryl methyl sites for hydroxylation is 1. The quantitative estimate of drug-likeness (QED) is 0.642. The molecule has 0 radical (unpaired) electrons. The van der Waals surface area contributed by atoms with Crippen LogP contribution in [0, 0.1) is 6.92 Å². The molecule has 0 spiro atoms. The molecule has 0 aliphatic rings. The van der Waals surface area contributed by atoms with Gasteiger partial charge in [-0.15, -0.1) is 11.3 Å². The number of carbonyl (C=O) groups excluding carboxylic acids is 1. The number of thiazole rings is 1. The Labute approximate surface area is 138 Å². The fourth-order valence-corrected chi connectivity index (χ4v) is 3.29. The third kappa shape index (κ3) is 2.70. The van der Waals surface area contributed by atoms with Crippen molar-refractivity contribution >= 4 is 22.6 Å². The van der Waals surface area contributed by atoms with Crippen molar-refractivity contribution in [2.45, 2.75) is 20.8 Å². The molecule has 0 bridgehead atoms. The van der Waals surface area contributed by atoms with Crippen molar-refractivity contribution in [3.63, 3.8) is 0 Å². The largest absolute Gasteiger partial charge is 0.490 e. The Morgan fingerprint density at radius 3 is 2.57 bits per heavy atom. The van der Waals surface area contributed by atoms with Gasteiger partial charge in [0.1, 0.15) is 11.4 Å².